The van der Waals surface area contributed by atoms with Gasteiger partial charge in [-0.2, -0.15) is 0 Å². The maximum Gasteiger partial charge on any atom is 0.352 e. The van der Waals surface area contributed by atoms with Crippen molar-refractivity contribution < 1.29 is 19.4 Å². The van der Waals surface area contributed by atoms with Crippen molar-refractivity contribution in [2.24, 2.45) is 11.3 Å². The van der Waals surface area contributed by atoms with Crippen LogP contribution in [0.2, 0.25) is 0 Å². The minimum atomic E-state index is -1.39. The number of carboxylic acid groups (broad SMARTS) is 1. The van der Waals surface area contributed by atoms with E-state index < -0.39 is 11.6 Å². The van der Waals surface area contributed by atoms with Crippen LogP contribution in [-0.4, -0.2) is 22.3 Å². The van der Waals surface area contributed by atoms with E-state index in [1.807, 2.05) is 13.0 Å². The summed E-state index contributed by atoms with van der Waals surface area (Å²) in [5, 5.41) is 9.97. The van der Waals surface area contributed by atoms with E-state index in [4.69, 9.17) is 9.47 Å². The van der Waals surface area contributed by atoms with Crippen molar-refractivity contribution in [3.8, 4) is 5.75 Å². The molecule has 31 heavy (non-hydrogen) atoms. The minimum absolute atomic E-state index is 0.0455. The second-order valence-electron chi connectivity index (χ2n) is 10.2. The fourth-order valence-electron chi connectivity index (χ4n) is 6.80. The van der Waals surface area contributed by atoms with Crippen LogP contribution in [0.4, 0.5) is 0 Å². The smallest absolute Gasteiger partial charge is 0.352 e. The van der Waals surface area contributed by atoms with Gasteiger partial charge in [-0.05, 0) is 102 Å². The van der Waals surface area contributed by atoms with Crippen molar-refractivity contribution in [2.75, 3.05) is 0 Å². The molecule has 4 nitrogen and oxygen atoms in total. The maximum atomic E-state index is 12.2. The van der Waals surface area contributed by atoms with Crippen LogP contribution < -0.4 is 4.74 Å². The predicted molar refractivity (Wildman–Crippen MR) is 129 cm³/mol. The second-order valence-corrected chi connectivity index (χ2v) is 11.3. The van der Waals surface area contributed by atoms with Crippen LogP contribution in [0.25, 0.3) is 5.57 Å². The standard InChI is InChI=1S/C26H29IO4/c1-5-12-30-26(22(28)29)11-9-20(27)18(15-26)16-6-7-21-19(13-16)24(3)23(2)10-8-17(14-23)25(24,4)31-21/h5-7,9,11-13,17H,8,10,14-15H2,1-4H3,(H,28,29). The SMILES string of the molecule is CC=COC1(C(=O)O)C=CC(I)=C(c2ccc3c(c2)C2(C)C4(C)CCC(C4)C2(C)O3)C1. The van der Waals surface area contributed by atoms with Gasteiger partial charge < -0.3 is 14.6 Å². The van der Waals surface area contributed by atoms with Gasteiger partial charge in [0.05, 0.1) is 6.26 Å². The Bertz CT molecular complexity index is 1070. The fraction of sp³-hybridized carbons (Fsp3) is 0.500. The van der Waals surface area contributed by atoms with E-state index in [2.05, 4.69) is 61.6 Å². The zero-order valence-corrected chi connectivity index (χ0v) is 20.7. The highest BCUT2D eigenvalue weighted by Gasteiger charge is 2.73. The van der Waals surface area contributed by atoms with Gasteiger partial charge in [0.25, 0.3) is 0 Å². The van der Waals surface area contributed by atoms with E-state index in [0.29, 0.717) is 5.92 Å². The molecule has 1 aliphatic heterocycles. The van der Waals surface area contributed by atoms with Crippen molar-refractivity contribution in [3.05, 3.63) is 57.4 Å². The first-order chi connectivity index (χ1) is 14.6. The molecule has 0 aromatic heterocycles. The molecule has 4 aliphatic rings. The third-order valence-electron chi connectivity index (χ3n) is 8.91. The summed E-state index contributed by atoms with van der Waals surface area (Å²) in [6.07, 6.45) is 10.7. The second kappa shape index (κ2) is 6.63. The normalized spacial score (nSPS) is 40.2. The molecule has 164 valence electrons. The first-order valence-electron chi connectivity index (χ1n) is 11.0. The molecule has 2 bridgehead atoms. The maximum absolute atomic E-state index is 12.2. The van der Waals surface area contributed by atoms with Crippen LogP contribution in [-0.2, 0) is 14.9 Å². The van der Waals surface area contributed by atoms with Gasteiger partial charge in [-0.25, -0.2) is 4.79 Å². The van der Waals surface area contributed by atoms with E-state index in [9.17, 15) is 9.90 Å². The van der Waals surface area contributed by atoms with Crippen LogP contribution in [0.15, 0.2) is 46.3 Å². The average molecular weight is 532 g/mol. The lowest BCUT2D eigenvalue weighted by Crippen LogP contribution is -2.54. The van der Waals surface area contributed by atoms with Crippen LogP contribution in [0.3, 0.4) is 0 Å². The van der Waals surface area contributed by atoms with Gasteiger partial charge in [-0.15, -0.1) is 0 Å². The lowest BCUT2D eigenvalue weighted by molar-refractivity contribution is -0.153. The summed E-state index contributed by atoms with van der Waals surface area (Å²) in [4.78, 5) is 12.2. The number of ether oxygens (including phenoxy) is 2. The molecule has 5 atom stereocenters. The Morgan fingerprint density at radius 2 is 2.10 bits per heavy atom. The monoisotopic (exact) mass is 532 g/mol. The van der Waals surface area contributed by atoms with E-state index in [1.54, 1.807) is 12.2 Å². The molecular formula is C26H29IO4. The third kappa shape index (κ3) is 2.55. The summed E-state index contributed by atoms with van der Waals surface area (Å²) < 4.78 is 13.4. The first kappa shape index (κ1) is 21.1. The van der Waals surface area contributed by atoms with Gasteiger partial charge in [0, 0.05) is 21.0 Å². The molecule has 5 unspecified atom stereocenters. The summed E-state index contributed by atoms with van der Waals surface area (Å²) in [6, 6.07) is 6.43. The summed E-state index contributed by atoms with van der Waals surface area (Å²) in [5.74, 6) is 0.597. The Morgan fingerprint density at radius 3 is 2.81 bits per heavy atom. The van der Waals surface area contributed by atoms with Gasteiger partial charge in [0.15, 0.2) is 0 Å². The Hall–Kier alpha value is -1.76. The summed E-state index contributed by atoms with van der Waals surface area (Å²) in [6.45, 7) is 8.93. The molecule has 0 spiro atoms. The number of hydrogen-bond acceptors (Lipinski definition) is 3. The molecule has 5 rings (SSSR count). The highest BCUT2D eigenvalue weighted by molar-refractivity contribution is 14.1. The van der Waals surface area contributed by atoms with E-state index in [1.165, 1.54) is 31.1 Å². The Labute approximate surface area is 197 Å². The topological polar surface area (TPSA) is 55.8 Å². The van der Waals surface area contributed by atoms with Crippen molar-refractivity contribution >= 4 is 34.1 Å². The van der Waals surface area contributed by atoms with Gasteiger partial charge in [-0.3, -0.25) is 0 Å². The van der Waals surface area contributed by atoms with E-state index >= 15 is 0 Å². The number of fused-ring (bicyclic) bond motifs is 7. The zero-order valence-electron chi connectivity index (χ0n) is 18.5. The van der Waals surface area contributed by atoms with Crippen molar-refractivity contribution in [1.29, 1.82) is 0 Å². The lowest BCUT2D eigenvalue weighted by atomic mass is 9.56. The summed E-state index contributed by atoms with van der Waals surface area (Å²) in [5.41, 5.74) is 1.96. The minimum Gasteiger partial charge on any atom is -0.486 e. The average Bonchev–Trinajstić information content (AvgIpc) is 3.31. The molecule has 0 radical (unpaired) electrons. The Kier molecular flexibility index (Phi) is 4.51. The molecule has 1 aromatic rings. The van der Waals surface area contributed by atoms with Gasteiger partial charge in [0.2, 0.25) is 5.60 Å². The summed E-state index contributed by atoms with van der Waals surface area (Å²) >= 11 is 2.30. The molecule has 5 heteroatoms. The van der Waals surface area contributed by atoms with Gasteiger partial charge >= 0.3 is 5.97 Å². The van der Waals surface area contributed by atoms with E-state index in [0.717, 1.165) is 20.5 Å². The molecule has 3 aliphatic carbocycles. The van der Waals surface area contributed by atoms with Crippen LogP contribution in [0.1, 0.15) is 64.5 Å². The lowest BCUT2D eigenvalue weighted by Gasteiger charge is -2.48. The zero-order chi connectivity index (χ0) is 22.2. The Morgan fingerprint density at radius 1 is 1.32 bits per heavy atom. The predicted octanol–water partition coefficient (Wildman–Crippen LogP) is 6.40. The molecule has 0 saturated heterocycles. The molecule has 0 amide bonds. The molecule has 2 saturated carbocycles. The molecule has 1 aromatic carbocycles. The highest BCUT2D eigenvalue weighted by Crippen LogP contribution is 2.73. The van der Waals surface area contributed by atoms with E-state index in [-0.39, 0.29) is 22.9 Å². The first-order valence-corrected chi connectivity index (χ1v) is 12.1. The van der Waals surface area contributed by atoms with Gasteiger partial charge in [0.1, 0.15) is 11.4 Å². The van der Waals surface area contributed by atoms with Crippen molar-refractivity contribution in [2.45, 2.75) is 70.0 Å². The molecule has 1 N–H and O–H groups in total. The number of rotatable bonds is 4. The summed E-state index contributed by atoms with van der Waals surface area (Å²) in [7, 11) is 0. The number of carbonyl (C=O) groups is 1. The van der Waals surface area contributed by atoms with Crippen LogP contribution in [0.5, 0.6) is 5.75 Å². The Balaban J connectivity index is 1.59. The van der Waals surface area contributed by atoms with Crippen molar-refractivity contribution in [3.63, 3.8) is 0 Å². The fourth-order valence-corrected chi connectivity index (χ4v) is 7.48. The van der Waals surface area contributed by atoms with Crippen LogP contribution in [0, 0.1) is 11.3 Å². The highest BCUT2D eigenvalue weighted by atomic mass is 127. The molecule has 2 fully saturated rings. The number of carboxylic acids is 1. The third-order valence-corrected chi connectivity index (χ3v) is 9.92. The quantitative estimate of drug-likeness (QED) is 0.361. The number of benzene rings is 1. The number of allylic oxidation sites excluding steroid dienone is 3. The molecule has 1 heterocycles. The number of aliphatic carboxylic acids is 1. The van der Waals surface area contributed by atoms with Gasteiger partial charge in [-0.1, -0.05) is 26.0 Å². The number of hydrogen-bond donors (Lipinski definition) is 1. The van der Waals surface area contributed by atoms with Crippen LogP contribution >= 0.6 is 22.6 Å². The number of halogens is 1. The van der Waals surface area contributed by atoms with Crippen molar-refractivity contribution in [1.82, 2.24) is 0 Å². The molecular weight excluding hydrogens is 503 g/mol. The largest absolute Gasteiger partial charge is 0.486 e.